The lowest BCUT2D eigenvalue weighted by molar-refractivity contribution is -0.124. The quantitative estimate of drug-likeness (QED) is 0.508. The predicted octanol–water partition coefficient (Wildman–Crippen LogP) is 2.42. The second-order valence-electron chi connectivity index (χ2n) is 3.03. The smallest absolute Gasteiger partial charge is 0.150 e. The maximum absolute atomic E-state index is 5.28. The van der Waals surface area contributed by atoms with Crippen LogP contribution in [0.25, 0.3) is 6.08 Å². The Balaban J connectivity index is 2.27. The molecule has 0 saturated carbocycles. The molecule has 0 heterocycles. The summed E-state index contributed by atoms with van der Waals surface area (Å²) in [5, 5.41) is 0. The van der Waals surface area contributed by atoms with E-state index in [1.165, 1.54) is 0 Å². The molecule has 0 unspecified atom stereocenters. The second kappa shape index (κ2) is 7.17. The molecular formula is C12H16O3. The van der Waals surface area contributed by atoms with E-state index < -0.39 is 0 Å². The lowest BCUT2D eigenvalue weighted by atomic mass is 10.1. The monoisotopic (exact) mass is 208 g/mol. The van der Waals surface area contributed by atoms with Crippen LogP contribution in [0.15, 0.2) is 30.8 Å². The number of hydrogen-bond donors (Lipinski definition) is 0. The third kappa shape index (κ3) is 4.74. The van der Waals surface area contributed by atoms with E-state index in [1.54, 1.807) is 7.11 Å². The van der Waals surface area contributed by atoms with E-state index in [0.29, 0.717) is 6.61 Å². The molecule has 0 aliphatic carbocycles. The van der Waals surface area contributed by atoms with Crippen LogP contribution >= 0.6 is 0 Å². The fourth-order valence-electron chi connectivity index (χ4n) is 1.15. The van der Waals surface area contributed by atoms with Gasteiger partial charge in [-0.25, -0.2) is 0 Å². The first kappa shape index (κ1) is 11.9. The molecule has 15 heavy (non-hydrogen) atoms. The van der Waals surface area contributed by atoms with Gasteiger partial charge < -0.3 is 14.2 Å². The lowest BCUT2D eigenvalue weighted by Gasteiger charge is -2.05. The average Bonchev–Trinajstić information content (AvgIpc) is 2.29. The van der Waals surface area contributed by atoms with Crippen molar-refractivity contribution in [3.63, 3.8) is 0 Å². The van der Waals surface area contributed by atoms with Gasteiger partial charge in [-0.15, -0.1) is 0 Å². The van der Waals surface area contributed by atoms with Crippen LogP contribution in [0.5, 0.6) is 0 Å². The van der Waals surface area contributed by atoms with Gasteiger partial charge in [0.05, 0.1) is 6.61 Å². The Kier molecular flexibility index (Phi) is 5.70. The Morgan fingerprint density at radius 2 is 2.13 bits per heavy atom. The number of methoxy groups -OCH3 is 1. The molecular weight excluding hydrogens is 192 g/mol. The fourth-order valence-corrected chi connectivity index (χ4v) is 1.15. The zero-order valence-corrected chi connectivity index (χ0v) is 8.94. The van der Waals surface area contributed by atoms with Crippen molar-refractivity contribution in [3.05, 3.63) is 42.0 Å². The van der Waals surface area contributed by atoms with Crippen LogP contribution in [0.4, 0.5) is 0 Å². The summed E-state index contributed by atoms with van der Waals surface area (Å²) in [7, 11) is 1.58. The van der Waals surface area contributed by atoms with Crippen molar-refractivity contribution in [2.24, 2.45) is 0 Å². The molecule has 0 radical (unpaired) electrons. The van der Waals surface area contributed by atoms with Gasteiger partial charge in [0.25, 0.3) is 0 Å². The minimum Gasteiger partial charge on any atom is -0.359 e. The van der Waals surface area contributed by atoms with Crippen molar-refractivity contribution in [2.75, 3.05) is 20.7 Å². The van der Waals surface area contributed by atoms with Crippen molar-refractivity contribution >= 4 is 6.08 Å². The van der Waals surface area contributed by atoms with Crippen molar-refractivity contribution in [3.8, 4) is 0 Å². The van der Waals surface area contributed by atoms with Crippen LogP contribution in [0.2, 0.25) is 0 Å². The zero-order chi connectivity index (χ0) is 10.9. The first-order chi connectivity index (χ1) is 7.36. The fraction of sp³-hybridized carbons (Fsp3) is 0.333. The minimum absolute atomic E-state index is 0.242. The van der Waals surface area contributed by atoms with Gasteiger partial charge in [0.2, 0.25) is 0 Å². The summed E-state index contributed by atoms with van der Waals surface area (Å²) in [6.07, 6.45) is 1.81. The number of benzene rings is 1. The summed E-state index contributed by atoms with van der Waals surface area (Å²) < 4.78 is 15.0. The summed E-state index contributed by atoms with van der Waals surface area (Å²) in [6.45, 7) is 4.74. The molecule has 0 aliphatic heterocycles. The molecule has 0 bridgehead atoms. The van der Waals surface area contributed by atoms with Gasteiger partial charge in [0.1, 0.15) is 13.6 Å². The Morgan fingerprint density at radius 1 is 1.27 bits per heavy atom. The molecule has 0 atom stereocenters. The van der Waals surface area contributed by atoms with E-state index in [1.807, 2.05) is 30.3 Å². The minimum atomic E-state index is 0.242. The normalized spacial score (nSPS) is 10.2. The Labute approximate surface area is 90.3 Å². The van der Waals surface area contributed by atoms with Gasteiger partial charge in [-0.1, -0.05) is 30.9 Å². The van der Waals surface area contributed by atoms with E-state index in [-0.39, 0.29) is 13.6 Å². The molecule has 3 heteroatoms. The first-order valence-electron chi connectivity index (χ1n) is 4.72. The molecule has 1 rings (SSSR count). The summed E-state index contributed by atoms with van der Waals surface area (Å²) in [4.78, 5) is 0. The molecule has 0 aromatic heterocycles. The molecule has 1 aromatic carbocycles. The van der Waals surface area contributed by atoms with Gasteiger partial charge >= 0.3 is 0 Å². The van der Waals surface area contributed by atoms with E-state index >= 15 is 0 Å². The molecule has 0 spiro atoms. The van der Waals surface area contributed by atoms with Gasteiger partial charge in [-0.05, 0) is 17.2 Å². The largest absolute Gasteiger partial charge is 0.359 e. The van der Waals surface area contributed by atoms with Gasteiger partial charge in [0.15, 0.2) is 0 Å². The third-order valence-corrected chi connectivity index (χ3v) is 1.82. The van der Waals surface area contributed by atoms with Crippen LogP contribution in [0.3, 0.4) is 0 Å². The Bertz CT molecular complexity index is 297. The predicted molar refractivity (Wildman–Crippen MR) is 59.2 cm³/mol. The highest BCUT2D eigenvalue weighted by Crippen LogP contribution is 2.07. The molecule has 0 saturated heterocycles. The van der Waals surface area contributed by atoms with Crippen molar-refractivity contribution < 1.29 is 14.2 Å². The van der Waals surface area contributed by atoms with E-state index in [0.717, 1.165) is 11.1 Å². The van der Waals surface area contributed by atoms with E-state index in [4.69, 9.17) is 14.2 Å². The summed E-state index contributed by atoms with van der Waals surface area (Å²) in [5.74, 6) is 0. The summed E-state index contributed by atoms with van der Waals surface area (Å²) >= 11 is 0. The summed E-state index contributed by atoms with van der Waals surface area (Å²) in [5.41, 5.74) is 2.20. The number of ether oxygens (including phenoxy) is 3. The standard InChI is InChI=1S/C12H16O3/c1-3-11-5-4-6-12(7-11)8-14-10-15-9-13-2/h3-7H,1,8-10H2,2H3. The molecule has 3 nitrogen and oxygen atoms in total. The number of hydrogen-bond acceptors (Lipinski definition) is 3. The highest BCUT2D eigenvalue weighted by Gasteiger charge is 1.94. The van der Waals surface area contributed by atoms with Crippen molar-refractivity contribution in [1.29, 1.82) is 0 Å². The van der Waals surface area contributed by atoms with Gasteiger partial charge in [-0.2, -0.15) is 0 Å². The van der Waals surface area contributed by atoms with Crippen LogP contribution in [0, 0.1) is 0 Å². The third-order valence-electron chi connectivity index (χ3n) is 1.82. The molecule has 82 valence electrons. The SMILES string of the molecule is C=Cc1cccc(COCOCOC)c1. The van der Waals surface area contributed by atoms with Crippen molar-refractivity contribution in [2.45, 2.75) is 6.61 Å². The highest BCUT2D eigenvalue weighted by molar-refractivity contribution is 5.47. The molecule has 0 amide bonds. The van der Waals surface area contributed by atoms with E-state index in [9.17, 15) is 0 Å². The Morgan fingerprint density at radius 3 is 2.87 bits per heavy atom. The summed E-state index contributed by atoms with van der Waals surface area (Å²) in [6, 6.07) is 8.01. The van der Waals surface area contributed by atoms with Gasteiger partial charge in [0, 0.05) is 7.11 Å². The second-order valence-corrected chi connectivity index (χ2v) is 3.03. The molecule has 0 N–H and O–H groups in total. The van der Waals surface area contributed by atoms with Crippen LogP contribution in [0.1, 0.15) is 11.1 Å². The number of rotatable bonds is 7. The van der Waals surface area contributed by atoms with Crippen LogP contribution in [-0.2, 0) is 20.8 Å². The molecule has 0 aliphatic rings. The lowest BCUT2D eigenvalue weighted by Crippen LogP contribution is -2.02. The zero-order valence-electron chi connectivity index (χ0n) is 8.94. The van der Waals surface area contributed by atoms with Gasteiger partial charge in [-0.3, -0.25) is 0 Å². The average molecular weight is 208 g/mol. The maximum Gasteiger partial charge on any atom is 0.150 e. The topological polar surface area (TPSA) is 27.7 Å². The van der Waals surface area contributed by atoms with E-state index in [2.05, 4.69) is 6.58 Å². The van der Waals surface area contributed by atoms with Crippen LogP contribution in [-0.4, -0.2) is 20.7 Å². The maximum atomic E-state index is 5.28. The van der Waals surface area contributed by atoms with Crippen LogP contribution < -0.4 is 0 Å². The first-order valence-corrected chi connectivity index (χ1v) is 4.72. The highest BCUT2D eigenvalue weighted by atomic mass is 16.7. The Hall–Kier alpha value is -1.16. The molecule has 0 fully saturated rings. The molecule has 1 aromatic rings. The van der Waals surface area contributed by atoms with Crippen molar-refractivity contribution in [1.82, 2.24) is 0 Å².